The zero-order valence-electron chi connectivity index (χ0n) is 11.2. The van der Waals surface area contributed by atoms with Crippen molar-refractivity contribution in [1.82, 2.24) is 0 Å². The quantitative estimate of drug-likeness (QED) is 0.559. The number of hydrogen-bond acceptors (Lipinski definition) is 6. The maximum Gasteiger partial charge on any atom is 0.293 e. The lowest BCUT2D eigenvalue weighted by molar-refractivity contribution is -0.384. The van der Waals surface area contributed by atoms with Gasteiger partial charge in [0.15, 0.2) is 0 Å². The van der Waals surface area contributed by atoms with E-state index in [0.717, 1.165) is 18.9 Å². The SMILES string of the molecule is NS(=O)(=O)c1ccc(N[C@H]2CCCC[C@@H]2O)c([N+](=O)[O-])c1. The van der Waals surface area contributed by atoms with Gasteiger partial charge in [-0.15, -0.1) is 0 Å². The van der Waals surface area contributed by atoms with Crippen LogP contribution in [0.4, 0.5) is 11.4 Å². The van der Waals surface area contributed by atoms with Crippen molar-refractivity contribution < 1.29 is 18.4 Å². The first-order chi connectivity index (χ1) is 9.79. The molecule has 0 heterocycles. The molecular weight excluding hydrogens is 298 g/mol. The van der Waals surface area contributed by atoms with Crippen LogP contribution in [0.5, 0.6) is 0 Å². The molecule has 2 atom stereocenters. The number of hydrogen-bond donors (Lipinski definition) is 3. The number of aliphatic hydroxyl groups is 1. The number of nitrogens with two attached hydrogens (primary N) is 1. The molecule has 1 saturated carbocycles. The first-order valence-corrected chi connectivity index (χ1v) is 8.09. The number of nitrogens with one attached hydrogen (secondary N) is 1. The van der Waals surface area contributed by atoms with Gasteiger partial charge in [-0.3, -0.25) is 10.1 Å². The second-order valence-electron chi connectivity index (χ2n) is 5.08. The summed E-state index contributed by atoms with van der Waals surface area (Å²) in [5.74, 6) is 0. The van der Waals surface area contributed by atoms with Crippen molar-refractivity contribution >= 4 is 21.4 Å². The van der Waals surface area contributed by atoms with Gasteiger partial charge in [0.2, 0.25) is 10.0 Å². The highest BCUT2D eigenvalue weighted by Gasteiger charge is 2.26. The van der Waals surface area contributed by atoms with Gasteiger partial charge in [0.1, 0.15) is 5.69 Å². The van der Waals surface area contributed by atoms with Gasteiger partial charge >= 0.3 is 0 Å². The maximum absolute atomic E-state index is 11.3. The number of aliphatic hydroxyl groups excluding tert-OH is 1. The summed E-state index contributed by atoms with van der Waals surface area (Å²) in [6, 6.07) is 3.16. The van der Waals surface area contributed by atoms with E-state index in [9.17, 15) is 23.6 Å². The molecule has 1 fully saturated rings. The molecule has 0 spiro atoms. The van der Waals surface area contributed by atoms with Crippen LogP contribution in [0.1, 0.15) is 25.7 Å². The Bertz CT molecular complexity index is 646. The van der Waals surface area contributed by atoms with E-state index in [1.54, 1.807) is 0 Å². The molecule has 0 saturated heterocycles. The smallest absolute Gasteiger partial charge is 0.293 e. The molecule has 0 bridgehead atoms. The van der Waals surface area contributed by atoms with Crippen molar-refractivity contribution in [2.24, 2.45) is 5.14 Å². The van der Waals surface area contributed by atoms with Crippen LogP contribution >= 0.6 is 0 Å². The van der Waals surface area contributed by atoms with Crippen molar-refractivity contribution in [2.45, 2.75) is 42.7 Å². The third kappa shape index (κ3) is 3.69. The Kier molecular flexibility index (Phi) is 4.45. The molecule has 0 unspecified atom stereocenters. The topological polar surface area (TPSA) is 136 Å². The normalized spacial score (nSPS) is 22.8. The average molecular weight is 315 g/mol. The van der Waals surface area contributed by atoms with E-state index in [2.05, 4.69) is 5.32 Å². The van der Waals surface area contributed by atoms with E-state index in [-0.39, 0.29) is 22.3 Å². The Labute approximate surface area is 122 Å². The molecule has 1 aliphatic carbocycles. The van der Waals surface area contributed by atoms with Crippen LogP contribution in [0.25, 0.3) is 0 Å². The highest BCUT2D eigenvalue weighted by atomic mass is 32.2. The summed E-state index contributed by atoms with van der Waals surface area (Å²) >= 11 is 0. The Morgan fingerprint density at radius 2 is 2.00 bits per heavy atom. The Hall–Kier alpha value is -1.71. The summed E-state index contributed by atoms with van der Waals surface area (Å²) in [4.78, 5) is 10.1. The van der Waals surface area contributed by atoms with Crippen LogP contribution in [0.3, 0.4) is 0 Å². The van der Waals surface area contributed by atoms with E-state index in [0.29, 0.717) is 12.8 Å². The lowest BCUT2D eigenvalue weighted by Gasteiger charge is -2.29. The van der Waals surface area contributed by atoms with Crippen molar-refractivity contribution in [3.8, 4) is 0 Å². The summed E-state index contributed by atoms with van der Waals surface area (Å²) < 4.78 is 22.5. The highest BCUT2D eigenvalue weighted by molar-refractivity contribution is 7.89. The summed E-state index contributed by atoms with van der Waals surface area (Å²) in [6.45, 7) is 0. The number of nitrogens with zero attached hydrogens (tertiary/aromatic N) is 1. The number of nitro benzene ring substituents is 1. The summed E-state index contributed by atoms with van der Waals surface area (Å²) in [6.07, 6.45) is 2.62. The van der Waals surface area contributed by atoms with E-state index < -0.39 is 21.1 Å². The fourth-order valence-corrected chi connectivity index (χ4v) is 2.97. The van der Waals surface area contributed by atoms with Crippen LogP contribution in [-0.4, -0.2) is 30.6 Å². The van der Waals surface area contributed by atoms with Crippen LogP contribution in [0.2, 0.25) is 0 Å². The number of sulfonamides is 1. The average Bonchev–Trinajstić information content (AvgIpc) is 2.40. The minimum Gasteiger partial charge on any atom is -0.391 e. The molecule has 21 heavy (non-hydrogen) atoms. The maximum atomic E-state index is 11.3. The van der Waals surface area contributed by atoms with Gasteiger partial charge in [-0.05, 0) is 25.0 Å². The van der Waals surface area contributed by atoms with Gasteiger partial charge in [0.25, 0.3) is 5.69 Å². The van der Waals surface area contributed by atoms with E-state index in [1.807, 2.05) is 0 Å². The third-order valence-corrected chi connectivity index (χ3v) is 4.48. The zero-order chi connectivity index (χ0) is 15.6. The number of primary sulfonamides is 1. The van der Waals surface area contributed by atoms with Crippen molar-refractivity contribution in [3.05, 3.63) is 28.3 Å². The molecule has 0 amide bonds. The lowest BCUT2D eigenvalue weighted by Crippen LogP contribution is -2.36. The Morgan fingerprint density at radius 3 is 2.57 bits per heavy atom. The lowest BCUT2D eigenvalue weighted by atomic mass is 9.92. The van der Waals surface area contributed by atoms with Gasteiger partial charge in [-0.25, -0.2) is 13.6 Å². The molecular formula is C12H17N3O5S. The van der Waals surface area contributed by atoms with Gasteiger partial charge < -0.3 is 10.4 Å². The summed E-state index contributed by atoms with van der Waals surface area (Å²) in [5.41, 5.74) is -0.197. The first kappa shape index (κ1) is 15.7. The summed E-state index contributed by atoms with van der Waals surface area (Å²) in [5, 5.41) is 28.9. The molecule has 1 aliphatic rings. The number of nitro groups is 1. The zero-order valence-corrected chi connectivity index (χ0v) is 12.0. The predicted molar refractivity (Wildman–Crippen MR) is 76.4 cm³/mol. The van der Waals surface area contributed by atoms with Crippen LogP contribution in [0, 0.1) is 10.1 Å². The van der Waals surface area contributed by atoms with Crippen LogP contribution in [0.15, 0.2) is 23.1 Å². The van der Waals surface area contributed by atoms with Crippen LogP contribution in [-0.2, 0) is 10.0 Å². The predicted octanol–water partition coefficient (Wildman–Crippen LogP) is 0.958. The minimum absolute atomic E-state index is 0.179. The monoisotopic (exact) mass is 315 g/mol. The molecule has 4 N–H and O–H groups in total. The third-order valence-electron chi connectivity index (χ3n) is 3.56. The number of benzene rings is 1. The van der Waals surface area contributed by atoms with E-state index >= 15 is 0 Å². The number of anilines is 1. The van der Waals surface area contributed by atoms with E-state index in [4.69, 9.17) is 5.14 Å². The molecule has 0 aromatic heterocycles. The minimum atomic E-state index is -4.00. The molecule has 9 heteroatoms. The second-order valence-corrected chi connectivity index (χ2v) is 6.65. The van der Waals surface area contributed by atoms with Gasteiger partial charge in [0, 0.05) is 6.07 Å². The molecule has 1 aromatic rings. The standard InChI is InChI=1S/C12H17N3O5S/c13-21(19,20)8-5-6-9(11(7-8)15(17)18)14-10-3-1-2-4-12(10)16/h5-7,10,12,14,16H,1-4H2,(H2,13,19,20)/t10-,12-/m0/s1. The molecule has 0 aliphatic heterocycles. The van der Waals surface area contributed by atoms with Crippen molar-refractivity contribution in [1.29, 1.82) is 0 Å². The molecule has 8 nitrogen and oxygen atoms in total. The summed E-state index contributed by atoms with van der Waals surface area (Å²) in [7, 11) is -4.00. The Balaban J connectivity index is 2.32. The second kappa shape index (κ2) is 5.96. The first-order valence-electron chi connectivity index (χ1n) is 6.55. The van der Waals surface area contributed by atoms with E-state index in [1.165, 1.54) is 12.1 Å². The molecule has 0 radical (unpaired) electrons. The Morgan fingerprint density at radius 1 is 1.33 bits per heavy atom. The fraction of sp³-hybridized carbons (Fsp3) is 0.500. The van der Waals surface area contributed by atoms with Gasteiger partial charge in [-0.2, -0.15) is 0 Å². The molecule has 116 valence electrons. The van der Waals surface area contributed by atoms with Crippen molar-refractivity contribution in [3.63, 3.8) is 0 Å². The highest BCUT2D eigenvalue weighted by Crippen LogP contribution is 2.30. The largest absolute Gasteiger partial charge is 0.391 e. The van der Waals surface area contributed by atoms with Gasteiger partial charge in [-0.1, -0.05) is 12.8 Å². The van der Waals surface area contributed by atoms with Crippen LogP contribution < -0.4 is 10.5 Å². The molecule has 2 rings (SSSR count). The fourth-order valence-electron chi connectivity index (χ4n) is 2.44. The number of rotatable bonds is 4. The van der Waals surface area contributed by atoms with Crippen molar-refractivity contribution in [2.75, 3.05) is 5.32 Å². The van der Waals surface area contributed by atoms with Gasteiger partial charge in [0.05, 0.1) is 22.0 Å². The molecule has 1 aromatic carbocycles.